The lowest BCUT2D eigenvalue weighted by Gasteiger charge is -1.99. The van der Waals surface area contributed by atoms with Gasteiger partial charge in [-0.3, -0.25) is 9.59 Å². The number of amides is 1. The second kappa shape index (κ2) is 4.34. The Morgan fingerprint density at radius 2 is 2.54 bits per heavy atom. The molecule has 1 amide bonds. The van der Waals surface area contributed by atoms with Crippen molar-refractivity contribution in [2.24, 2.45) is 0 Å². The Morgan fingerprint density at radius 3 is 3.08 bits per heavy atom. The van der Waals surface area contributed by atoms with Crippen LogP contribution in [0.3, 0.4) is 0 Å². The Kier molecular flexibility index (Phi) is 3.13. The molecule has 6 heteroatoms. The molecule has 0 fully saturated rings. The van der Waals surface area contributed by atoms with Crippen LogP contribution in [0, 0.1) is 0 Å². The molecular weight excluding hydrogens is 172 g/mol. The van der Waals surface area contributed by atoms with Gasteiger partial charge < -0.3 is 5.32 Å². The molecule has 0 atom stereocenters. The highest BCUT2D eigenvalue weighted by molar-refractivity contribution is 5.76. The van der Waals surface area contributed by atoms with E-state index in [4.69, 9.17) is 0 Å². The standard InChI is InChI=1S/C7H10N4O2/c1-2-8-7(13)4-11-3-6(5-12)9-10-11/h3,5H,2,4H2,1H3,(H,8,13). The number of rotatable bonds is 4. The summed E-state index contributed by atoms with van der Waals surface area (Å²) in [6.07, 6.45) is 2.00. The van der Waals surface area contributed by atoms with E-state index >= 15 is 0 Å². The molecule has 0 aliphatic rings. The van der Waals surface area contributed by atoms with Crippen molar-refractivity contribution in [1.29, 1.82) is 0 Å². The number of likely N-dealkylation sites (N-methyl/N-ethyl adjacent to an activating group) is 1. The predicted molar refractivity (Wildman–Crippen MR) is 44.1 cm³/mol. The van der Waals surface area contributed by atoms with Gasteiger partial charge in [0.2, 0.25) is 5.91 Å². The molecule has 0 saturated carbocycles. The van der Waals surface area contributed by atoms with Crippen molar-refractivity contribution in [3.8, 4) is 0 Å². The highest BCUT2D eigenvalue weighted by atomic mass is 16.2. The average Bonchev–Trinajstić information content (AvgIpc) is 2.52. The maximum Gasteiger partial charge on any atom is 0.241 e. The van der Waals surface area contributed by atoms with Crippen molar-refractivity contribution in [3.63, 3.8) is 0 Å². The number of aldehydes is 1. The molecule has 1 heterocycles. The van der Waals surface area contributed by atoms with Crippen LogP contribution in [-0.4, -0.2) is 33.7 Å². The van der Waals surface area contributed by atoms with E-state index < -0.39 is 0 Å². The smallest absolute Gasteiger partial charge is 0.241 e. The summed E-state index contributed by atoms with van der Waals surface area (Å²) in [5, 5.41) is 9.70. The molecule has 0 saturated heterocycles. The zero-order valence-electron chi connectivity index (χ0n) is 7.23. The molecule has 0 aromatic carbocycles. The van der Waals surface area contributed by atoms with Gasteiger partial charge in [0.15, 0.2) is 6.29 Å². The van der Waals surface area contributed by atoms with Gasteiger partial charge in [0.25, 0.3) is 0 Å². The molecule has 0 unspecified atom stereocenters. The lowest BCUT2D eigenvalue weighted by atomic mass is 10.5. The maximum absolute atomic E-state index is 11.0. The number of hydrogen-bond acceptors (Lipinski definition) is 4. The summed E-state index contributed by atoms with van der Waals surface area (Å²) in [7, 11) is 0. The van der Waals surface area contributed by atoms with Crippen molar-refractivity contribution >= 4 is 12.2 Å². The van der Waals surface area contributed by atoms with Crippen LogP contribution in [0.25, 0.3) is 0 Å². The summed E-state index contributed by atoms with van der Waals surface area (Å²) < 4.78 is 1.31. The molecular formula is C7H10N4O2. The first kappa shape index (κ1) is 9.37. The minimum absolute atomic E-state index is 0.0919. The summed E-state index contributed by atoms with van der Waals surface area (Å²) in [5.74, 6) is -0.148. The SMILES string of the molecule is CCNC(=O)Cn1cc(C=O)nn1. The molecule has 13 heavy (non-hydrogen) atoms. The van der Waals surface area contributed by atoms with E-state index in [0.29, 0.717) is 12.8 Å². The fraction of sp³-hybridized carbons (Fsp3) is 0.429. The van der Waals surface area contributed by atoms with Gasteiger partial charge in [-0.15, -0.1) is 5.10 Å². The molecule has 0 aliphatic heterocycles. The Bertz CT molecular complexity index is 307. The van der Waals surface area contributed by atoms with Crippen LogP contribution < -0.4 is 5.32 Å². The van der Waals surface area contributed by atoms with E-state index in [9.17, 15) is 9.59 Å². The molecule has 70 valence electrons. The number of nitrogens with zero attached hydrogens (tertiary/aromatic N) is 3. The van der Waals surface area contributed by atoms with Gasteiger partial charge >= 0.3 is 0 Å². The first-order valence-corrected chi connectivity index (χ1v) is 3.88. The van der Waals surface area contributed by atoms with Crippen molar-refractivity contribution in [2.45, 2.75) is 13.5 Å². The van der Waals surface area contributed by atoms with Crippen LogP contribution >= 0.6 is 0 Å². The van der Waals surface area contributed by atoms with Gasteiger partial charge in [0.1, 0.15) is 12.2 Å². The third kappa shape index (κ3) is 2.66. The first-order chi connectivity index (χ1) is 6.26. The van der Waals surface area contributed by atoms with Gasteiger partial charge in [-0.05, 0) is 6.92 Å². The summed E-state index contributed by atoms with van der Waals surface area (Å²) in [4.78, 5) is 21.2. The molecule has 6 nitrogen and oxygen atoms in total. The molecule has 1 N–H and O–H groups in total. The van der Waals surface area contributed by atoms with Crippen LogP contribution in [0.4, 0.5) is 0 Å². The van der Waals surface area contributed by atoms with Crippen molar-refractivity contribution in [3.05, 3.63) is 11.9 Å². The van der Waals surface area contributed by atoms with Crippen LogP contribution in [0.2, 0.25) is 0 Å². The van der Waals surface area contributed by atoms with E-state index in [2.05, 4.69) is 15.6 Å². The van der Waals surface area contributed by atoms with Gasteiger partial charge in [0, 0.05) is 6.54 Å². The normalized spacial score (nSPS) is 9.62. The highest BCUT2D eigenvalue weighted by Crippen LogP contribution is 1.87. The van der Waals surface area contributed by atoms with E-state index in [-0.39, 0.29) is 18.1 Å². The first-order valence-electron chi connectivity index (χ1n) is 3.88. The second-order valence-corrected chi connectivity index (χ2v) is 2.41. The third-order valence-electron chi connectivity index (χ3n) is 1.36. The number of hydrogen-bond donors (Lipinski definition) is 1. The maximum atomic E-state index is 11.0. The molecule has 1 aromatic heterocycles. The summed E-state index contributed by atoms with van der Waals surface area (Å²) >= 11 is 0. The Labute approximate surface area is 74.9 Å². The molecule has 0 radical (unpaired) electrons. The van der Waals surface area contributed by atoms with Crippen molar-refractivity contribution in [2.75, 3.05) is 6.54 Å². The van der Waals surface area contributed by atoms with E-state index in [1.165, 1.54) is 10.9 Å². The zero-order chi connectivity index (χ0) is 9.68. The van der Waals surface area contributed by atoms with E-state index in [0.717, 1.165) is 0 Å². The molecule has 1 rings (SSSR count). The topological polar surface area (TPSA) is 76.9 Å². The Balaban J connectivity index is 2.53. The summed E-state index contributed by atoms with van der Waals surface area (Å²) in [6.45, 7) is 2.50. The highest BCUT2D eigenvalue weighted by Gasteiger charge is 2.03. The number of carbonyl (C=O) groups excluding carboxylic acids is 2. The minimum Gasteiger partial charge on any atom is -0.355 e. The molecule has 0 bridgehead atoms. The van der Waals surface area contributed by atoms with Gasteiger partial charge in [0.05, 0.1) is 6.20 Å². The second-order valence-electron chi connectivity index (χ2n) is 2.41. The fourth-order valence-electron chi connectivity index (χ4n) is 0.845. The zero-order valence-corrected chi connectivity index (χ0v) is 7.23. The largest absolute Gasteiger partial charge is 0.355 e. The quantitative estimate of drug-likeness (QED) is 0.620. The number of nitrogens with one attached hydrogen (secondary N) is 1. The van der Waals surface area contributed by atoms with Crippen molar-refractivity contribution < 1.29 is 9.59 Å². The summed E-state index contributed by atoms with van der Waals surface area (Å²) in [5.41, 5.74) is 0.226. The van der Waals surface area contributed by atoms with Crippen LogP contribution in [0.15, 0.2) is 6.20 Å². The van der Waals surface area contributed by atoms with Crippen LogP contribution in [-0.2, 0) is 11.3 Å². The van der Waals surface area contributed by atoms with Gasteiger partial charge in [-0.2, -0.15) is 0 Å². The van der Waals surface area contributed by atoms with E-state index in [1.54, 1.807) is 0 Å². The minimum atomic E-state index is -0.148. The Morgan fingerprint density at radius 1 is 1.77 bits per heavy atom. The number of carbonyl (C=O) groups is 2. The van der Waals surface area contributed by atoms with Crippen LogP contribution in [0.5, 0.6) is 0 Å². The molecule has 0 aliphatic carbocycles. The summed E-state index contributed by atoms with van der Waals surface area (Å²) in [6, 6.07) is 0. The van der Waals surface area contributed by atoms with Crippen LogP contribution in [0.1, 0.15) is 17.4 Å². The van der Waals surface area contributed by atoms with E-state index in [1.807, 2.05) is 6.92 Å². The average molecular weight is 182 g/mol. The van der Waals surface area contributed by atoms with Crippen molar-refractivity contribution in [1.82, 2.24) is 20.3 Å². The van der Waals surface area contributed by atoms with Gasteiger partial charge in [-0.25, -0.2) is 4.68 Å². The lowest BCUT2D eigenvalue weighted by molar-refractivity contribution is -0.121. The third-order valence-corrected chi connectivity index (χ3v) is 1.36. The fourth-order valence-corrected chi connectivity index (χ4v) is 0.845. The molecule has 0 spiro atoms. The number of aromatic nitrogens is 3. The monoisotopic (exact) mass is 182 g/mol. The lowest BCUT2D eigenvalue weighted by Crippen LogP contribution is -2.27. The predicted octanol–water partition coefficient (Wildman–Crippen LogP) is -0.773. The Hall–Kier alpha value is -1.72. The van der Waals surface area contributed by atoms with Gasteiger partial charge in [-0.1, -0.05) is 5.21 Å². The molecule has 1 aromatic rings.